The molecule has 0 heterocycles. The minimum atomic E-state index is 0.712. The van der Waals surface area contributed by atoms with E-state index in [1.807, 2.05) is 20.9 Å². The van der Waals surface area contributed by atoms with Crippen LogP contribution in [0.2, 0.25) is 0 Å². The van der Waals surface area contributed by atoms with Crippen molar-refractivity contribution in [2.75, 3.05) is 46.3 Å². The van der Waals surface area contributed by atoms with Crippen LogP contribution in [0.3, 0.4) is 0 Å². The highest BCUT2D eigenvalue weighted by molar-refractivity contribution is 4.59. The van der Waals surface area contributed by atoms with Crippen LogP contribution in [0.25, 0.3) is 0 Å². The number of nitrogens with zero attached hydrogens (tertiary/aromatic N) is 1. The van der Waals surface area contributed by atoms with Gasteiger partial charge in [0.2, 0.25) is 0 Å². The fraction of sp³-hybridized carbons (Fsp3) is 1.00. The van der Waals surface area contributed by atoms with Gasteiger partial charge in [-0.25, -0.2) is 0 Å². The molecule has 0 fully saturated rings. The third-order valence-electron chi connectivity index (χ3n) is 1.57. The smallest absolute Gasteiger partial charge is 0.0108 e. The van der Waals surface area contributed by atoms with E-state index >= 15 is 0 Å². The van der Waals surface area contributed by atoms with E-state index in [2.05, 4.69) is 10.2 Å². The van der Waals surface area contributed by atoms with Crippen molar-refractivity contribution in [2.45, 2.75) is 13.8 Å². The Labute approximate surface area is 82.7 Å². The van der Waals surface area contributed by atoms with Gasteiger partial charge in [0.1, 0.15) is 0 Å². The molecule has 0 saturated carbocycles. The topological polar surface area (TPSA) is 67.3 Å². The van der Waals surface area contributed by atoms with Gasteiger partial charge in [-0.1, -0.05) is 13.8 Å². The second-order valence-electron chi connectivity index (χ2n) is 2.52. The van der Waals surface area contributed by atoms with Gasteiger partial charge in [-0.2, -0.15) is 0 Å². The molecule has 0 aromatic rings. The molecule has 0 aromatic heterocycles. The van der Waals surface area contributed by atoms with E-state index in [0.29, 0.717) is 13.1 Å². The maximum absolute atomic E-state index is 5.43. The van der Waals surface area contributed by atoms with Crippen molar-refractivity contribution in [1.82, 2.24) is 10.2 Å². The SMILES string of the molecule is CC.CNCCN(CCN)CCN. The molecule has 13 heavy (non-hydrogen) atoms. The molecule has 0 atom stereocenters. The molecule has 82 valence electrons. The van der Waals surface area contributed by atoms with Gasteiger partial charge in [-0.3, -0.25) is 4.90 Å². The quantitative estimate of drug-likeness (QED) is 0.504. The van der Waals surface area contributed by atoms with Crippen molar-refractivity contribution < 1.29 is 0 Å². The second-order valence-corrected chi connectivity index (χ2v) is 2.52. The normalized spacial score (nSPS) is 9.69. The molecule has 0 aliphatic carbocycles. The third kappa shape index (κ3) is 11.8. The number of hydrogen-bond acceptors (Lipinski definition) is 4. The summed E-state index contributed by atoms with van der Waals surface area (Å²) in [6.45, 7) is 9.34. The zero-order chi connectivity index (χ0) is 10.5. The number of hydrogen-bond donors (Lipinski definition) is 3. The predicted molar refractivity (Wildman–Crippen MR) is 59.8 cm³/mol. The summed E-state index contributed by atoms with van der Waals surface area (Å²) in [5.74, 6) is 0. The van der Waals surface area contributed by atoms with Gasteiger partial charge in [0.05, 0.1) is 0 Å². The Morgan fingerprint density at radius 1 is 1.00 bits per heavy atom. The molecule has 0 spiro atoms. The first-order valence-corrected chi connectivity index (χ1v) is 5.12. The van der Waals surface area contributed by atoms with Crippen molar-refractivity contribution >= 4 is 0 Å². The Morgan fingerprint density at radius 3 is 1.77 bits per heavy atom. The fourth-order valence-corrected chi connectivity index (χ4v) is 0.970. The van der Waals surface area contributed by atoms with Crippen molar-refractivity contribution in [3.05, 3.63) is 0 Å². The maximum atomic E-state index is 5.43. The molecule has 0 aliphatic rings. The lowest BCUT2D eigenvalue weighted by atomic mass is 10.4. The molecular weight excluding hydrogens is 164 g/mol. The zero-order valence-corrected chi connectivity index (χ0v) is 9.34. The Bertz CT molecular complexity index is 72.0. The van der Waals surface area contributed by atoms with Gasteiger partial charge < -0.3 is 16.8 Å². The standard InChI is InChI=1S/C7H20N4.C2H6/c1-10-4-7-11(5-2-8)6-3-9;1-2/h10H,2-9H2,1H3;1-2H3. The van der Waals surface area contributed by atoms with Crippen LogP contribution in [0, 0.1) is 0 Å². The summed E-state index contributed by atoms with van der Waals surface area (Å²) < 4.78 is 0. The Balaban J connectivity index is 0. The first kappa shape index (κ1) is 15.3. The van der Waals surface area contributed by atoms with Crippen LogP contribution in [0.1, 0.15) is 13.8 Å². The summed E-state index contributed by atoms with van der Waals surface area (Å²) in [6.07, 6.45) is 0. The number of nitrogens with two attached hydrogens (primary N) is 2. The van der Waals surface area contributed by atoms with Crippen LogP contribution >= 0.6 is 0 Å². The molecule has 0 saturated heterocycles. The molecule has 4 heteroatoms. The lowest BCUT2D eigenvalue weighted by molar-refractivity contribution is 0.290. The highest BCUT2D eigenvalue weighted by atomic mass is 15.1. The molecule has 0 amide bonds. The number of likely N-dealkylation sites (N-methyl/N-ethyl adjacent to an activating group) is 1. The molecule has 0 bridgehead atoms. The van der Waals surface area contributed by atoms with Crippen LogP contribution in [-0.2, 0) is 0 Å². The fourth-order valence-electron chi connectivity index (χ4n) is 0.970. The summed E-state index contributed by atoms with van der Waals surface area (Å²) in [7, 11) is 1.95. The van der Waals surface area contributed by atoms with Crippen LogP contribution < -0.4 is 16.8 Å². The van der Waals surface area contributed by atoms with Gasteiger partial charge in [-0.15, -0.1) is 0 Å². The molecule has 0 rings (SSSR count). The monoisotopic (exact) mass is 190 g/mol. The largest absolute Gasteiger partial charge is 0.329 e. The third-order valence-corrected chi connectivity index (χ3v) is 1.57. The van der Waals surface area contributed by atoms with Crippen LogP contribution in [0.15, 0.2) is 0 Å². The summed E-state index contributed by atoms with van der Waals surface area (Å²) in [5.41, 5.74) is 10.9. The molecule has 0 radical (unpaired) electrons. The Morgan fingerprint density at radius 2 is 1.46 bits per heavy atom. The molecule has 0 aromatic carbocycles. The van der Waals surface area contributed by atoms with E-state index in [4.69, 9.17) is 11.5 Å². The average Bonchev–Trinajstić information content (AvgIpc) is 2.18. The maximum Gasteiger partial charge on any atom is 0.0108 e. The van der Waals surface area contributed by atoms with Crippen LogP contribution in [0.4, 0.5) is 0 Å². The van der Waals surface area contributed by atoms with Crippen LogP contribution in [-0.4, -0.2) is 51.2 Å². The highest BCUT2D eigenvalue weighted by Gasteiger charge is 1.99. The van der Waals surface area contributed by atoms with Crippen molar-refractivity contribution in [3.63, 3.8) is 0 Å². The summed E-state index contributed by atoms with van der Waals surface area (Å²) in [6, 6.07) is 0. The van der Waals surface area contributed by atoms with E-state index in [-0.39, 0.29) is 0 Å². The van der Waals surface area contributed by atoms with Gasteiger partial charge in [0.25, 0.3) is 0 Å². The summed E-state index contributed by atoms with van der Waals surface area (Å²) >= 11 is 0. The lowest BCUT2D eigenvalue weighted by Crippen LogP contribution is -2.37. The van der Waals surface area contributed by atoms with Crippen molar-refractivity contribution in [3.8, 4) is 0 Å². The van der Waals surface area contributed by atoms with Crippen molar-refractivity contribution in [2.24, 2.45) is 11.5 Å². The van der Waals surface area contributed by atoms with E-state index in [1.165, 1.54) is 0 Å². The number of nitrogens with one attached hydrogen (secondary N) is 1. The molecular formula is C9H26N4. The van der Waals surface area contributed by atoms with Crippen LogP contribution in [0.5, 0.6) is 0 Å². The van der Waals surface area contributed by atoms with E-state index in [1.54, 1.807) is 0 Å². The Kier molecular flexibility index (Phi) is 16.9. The van der Waals surface area contributed by atoms with E-state index in [9.17, 15) is 0 Å². The van der Waals surface area contributed by atoms with E-state index in [0.717, 1.165) is 26.2 Å². The summed E-state index contributed by atoms with van der Waals surface area (Å²) in [5, 5.41) is 3.09. The predicted octanol–water partition coefficient (Wildman–Crippen LogP) is -0.549. The minimum absolute atomic E-state index is 0.712. The second kappa shape index (κ2) is 14.4. The van der Waals surface area contributed by atoms with E-state index < -0.39 is 0 Å². The van der Waals surface area contributed by atoms with Gasteiger partial charge in [0, 0.05) is 39.3 Å². The van der Waals surface area contributed by atoms with Gasteiger partial charge in [-0.05, 0) is 7.05 Å². The first-order valence-electron chi connectivity index (χ1n) is 5.12. The molecule has 4 nitrogen and oxygen atoms in total. The molecule has 5 N–H and O–H groups in total. The Hall–Kier alpha value is -0.160. The van der Waals surface area contributed by atoms with Gasteiger partial charge in [0.15, 0.2) is 0 Å². The highest BCUT2D eigenvalue weighted by Crippen LogP contribution is 1.82. The summed E-state index contributed by atoms with van der Waals surface area (Å²) in [4.78, 5) is 2.26. The minimum Gasteiger partial charge on any atom is -0.329 e. The number of rotatable bonds is 7. The van der Waals surface area contributed by atoms with Crippen molar-refractivity contribution in [1.29, 1.82) is 0 Å². The zero-order valence-electron chi connectivity index (χ0n) is 9.34. The first-order chi connectivity index (χ1) is 6.35. The average molecular weight is 190 g/mol. The lowest BCUT2D eigenvalue weighted by Gasteiger charge is -2.19. The molecule has 0 aliphatic heterocycles. The molecule has 0 unspecified atom stereocenters. The van der Waals surface area contributed by atoms with Gasteiger partial charge >= 0.3 is 0 Å².